The van der Waals surface area contributed by atoms with Gasteiger partial charge in [0, 0.05) is 19.3 Å². The maximum Gasteiger partial charge on any atom is 0.231 e. The Kier molecular flexibility index (Phi) is 5.83. The van der Waals surface area contributed by atoms with Crippen molar-refractivity contribution in [3.63, 3.8) is 0 Å². The van der Waals surface area contributed by atoms with E-state index in [1.165, 1.54) is 0 Å². The summed E-state index contributed by atoms with van der Waals surface area (Å²) < 4.78 is 5.58. The number of nitrogens with zero attached hydrogens (tertiary/aromatic N) is 1. The molecule has 1 unspecified atom stereocenters. The molecule has 0 aliphatic heterocycles. The zero-order valence-corrected chi connectivity index (χ0v) is 12.2. The van der Waals surface area contributed by atoms with Gasteiger partial charge in [0.05, 0.1) is 12.0 Å². The average molecular weight is 264 g/mol. The summed E-state index contributed by atoms with van der Waals surface area (Å²) in [5.74, 6) is 0.754. The van der Waals surface area contributed by atoms with Gasteiger partial charge < -0.3 is 15.4 Å². The second-order valence-corrected chi connectivity index (χ2v) is 4.90. The largest absolute Gasteiger partial charge is 0.491 e. The highest BCUT2D eigenvalue weighted by molar-refractivity contribution is 5.94. The molecule has 0 aliphatic carbocycles. The quantitative estimate of drug-likeness (QED) is 0.858. The first-order chi connectivity index (χ1) is 8.99. The summed E-state index contributed by atoms with van der Waals surface area (Å²) in [6.07, 6.45) is 0.903. The Morgan fingerprint density at radius 3 is 2.32 bits per heavy atom. The van der Waals surface area contributed by atoms with Gasteiger partial charge in [-0.15, -0.1) is 0 Å². The molecule has 1 aromatic rings. The van der Waals surface area contributed by atoms with Crippen molar-refractivity contribution >= 4 is 11.6 Å². The summed E-state index contributed by atoms with van der Waals surface area (Å²) in [5.41, 5.74) is 6.47. The Balaban J connectivity index is 2.77. The second-order valence-electron chi connectivity index (χ2n) is 4.90. The van der Waals surface area contributed by atoms with E-state index < -0.39 is 0 Å². The molecule has 19 heavy (non-hydrogen) atoms. The Morgan fingerprint density at radius 2 is 1.89 bits per heavy atom. The third-order valence-electron chi connectivity index (χ3n) is 3.05. The molecule has 4 nitrogen and oxygen atoms in total. The first-order valence-corrected chi connectivity index (χ1v) is 6.73. The summed E-state index contributed by atoms with van der Waals surface area (Å²) in [7, 11) is 1.78. The lowest BCUT2D eigenvalue weighted by Gasteiger charge is -2.22. The van der Waals surface area contributed by atoms with E-state index in [2.05, 4.69) is 0 Å². The second kappa shape index (κ2) is 7.14. The monoisotopic (exact) mass is 264 g/mol. The van der Waals surface area contributed by atoms with Crippen LogP contribution in [-0.4, -0.2) is 25.6 Å². The summed E-state index contributed by atoms with van der Waals surface area (Å²) in [6, 6.07) is 7.53. The fourth-order valence-electron chi connectivity index (χ4n) is 1.86. The smallest absolute Gasteiger partial charge is 0.231 e. The van der Waals surface area contributed by atoms with Crippen molar-refractivity contribution in [3.05, 3.63) is 24.3 Å². The fraction of sp³-hybridized carbons (Fsp3) is 0.533. The van der Waals surface area contributed by atoms with Crippen molar-refractivity contribution in [1.82, 2.24) is 0 Å². The summed E-state index contributed by atoms with van der Waals surface area (Å²) >= 11 is 0. The van der Waals surface area contributed by atoms with E-state index in [0.717, 1.165) is 17.9 Å². The summed E-state index contributed by atoms with van der Waals surface area (Å²) in [5, 5.41) is 0. The van der Waals surface area contributed by atoms with E-state index in [1.807, 2.05) is 45.0 Å². The molecule has 1 rings (SSSR count). The van der Waals surface area contributed by atoms with Crippen LogP contribution in [-0.2, 0) is 4.79 Å². The van der Waals surface area contributed by atoms with Crippen molar-refractivity contribution in [2.75, 3.05) is 18.5 Å². The number of nitrogens with two attached hydrogens (primary N) is 1. The zero-order chi connectivity index (χ0) is 14.4. The zero-order valence-electron chi connectivity index (χ0n) is 12.2. The van der Waals surface area contributed by atoms with Crippen molar-refractivity contribution in [1.29, 1.82) is 0 Å². The van der Waals surface area contributed by atoms with Crippen LogP contribution in [0.1, 0.15) is 27.2 Å². The number of carbonyl (C=O) groups excluding carboxylic acids is 1. The lowest BCUT2D eigenvalue weighted by molar-refractivity contribution is -0.121. The number of hydrogen-bond acceptors (Lipinski definition) is 3. The molecule has 106 valence electrons. The van der Waals surface area contributed by atoms with Crippen LogP contribution in [0.3, 0.4) is 0 Å². The third-order valence-corrected chi connectivity index (χ3v) is 3.05. The van der Waals surface area contributed by atoms with Gasteiger partial charge in [0.25, 0.3) is 0 Å². The first kappa shape index (κ1) is 15.5. The van der Waals surface area contributed by atoms with Crippen molar-refractivity contribution in [2.24, 2.45) is 11.7 Å². The lowest BCUT2D eigenvalue weighted by atomic mass is 10.1. The summed E-state index contributed by atoms with van der Waals surface area (Å²) in [4.78, 5) is 13.8. The molecule has 0 aromatic heterocycles. The first-order valence-electron chi connectivity index (χ1n) is 6.73. The van der Waals surface area contributed by atoms with Gasteiger partial charge in [0.2, 0.25) is 5.91 Å². The van der Waals surface area contributed by atoms with Gasteiger partial charge in [-0.2, -0.15) is 0 Å². The fourth-order valence-corrected chi connectivity index (χ4v) is 1.86. The standard InChI is InChI=1S/C15H24N2O2/c1-5-12(10-16)15(18)17(4)13-6-8-14(9-7-13)19-11(2)3/h6-9,11-12H,5,10,16H2,1-4H3. The molecule has 2 N–H and O–H groups in total. The van der Waals surface area contributed by atoms with Crippen LogP contribution in [0, 0.1) is 5.92 Å². The number of amides is 1. The molecule has 0 bridgehead atoms. The Hall–Kier alpha value is -1.55. The SMILES string of the molecule is CCC(CN)C(=O)N(C)c1ccc(OC(C)C)cc1. The van der Waals surface area contributed by atoms with E-state index in [1.54, 1.807) is 11.9 Å². The highest BCUT2D eigenvalue weighted by atomic mass is 16.5. The van der Waals surface area contributed by atoms with Crippen LogP contribution in [0.4, 0.5) is 5.69 Å². The summed E-state index contributed by atoms with van der Waals surface area (Å²) in [6.45, 7) is 6.32. The predicted molar refractivity (Wildman–Crippen MR) is 78.5 cm³/mol. The van der Waals surface area contributed by atoms with Gasteiger partial charge >= 0.3 is 0 Å². The van der Waals surface area contributed by atoms with Gasteiger partial charge in [0.1, 0.15) is 5.75 Å². The minimum absolute atomic E-state index is 0.0579. The highest BCUT2D eigenvalue weighted by Crippen LogP contribution is 2.21. The molecule has 1 amide bonds. The average Bonchev–Trinajstić information content (AvgIpc) is 2.39. The van der Waals surface area contributed by atoms with Gasteiger partial charge in [-0.05, 0) is 44.5 Å². The van der Waals surface area contributed by atoms with Crippen LogP contribution in [0.2, 0.25) is 0 Å². The minimum Gasteiger partial charge on any atom is -0.491 e. The van der Waals surface area contributed by atoms with Crippen LogP contribution in [0.5, 0.6) is 5.75 Å². The van der Waals surface area contributed by atoms with Crippen LogP contribution >= 0.6 is 0 Å². The van der Waals surface area contributed by atoms with E-state index in [4.69, 9.17) is 10.5 Å². The van der Waals surface area contributed by atoms with E-state index in [9.17, 15) is 4.79 Å². The maximum atomic E-state index is 12.2. The van der Waals surface area contributed by atoms with Gasteiger partial charge in [-0.3, -0.25) is 4.79 Å². The number of hydrogen-bond donors (Lipinski definition) is 1. The molecule has 0 radical (unpaired) electrons. The van der Waals surface area contributed by atoms with E-state index in [0.29, 0.717) is 6.54 Å². The normalized spacial score (nSPS) is 12.3. The molecular weight excluding hydrogens is 240 g/mol. The number of benzene rings is 1. The minimum atomic E-state index is -0.114. The molecular formula is C15H24N2O2. The van der Waals surface area contributed by atoms with Gasteiger partial charge in [-0.25, -0.2) is 0 Å². The Labute approximate surface area is 115 Å². The predicted octanol–water partition coefficient (Wildman–Crippen LogP) is 2.42. The topological polar surface area (TPSA) is 55.6 Å². The van der Waals surface area contributed by atoms with Crippen LogP contribution in [0.15, 0.2) is 24.3 Å². The van der Waals surface area contributed by atoms with Crippen LogP contribution in [0.25, 0.3) is 0 Å². The molecule has 0 fully saturated rings. The van der Waals surface area contributed by atoms with Crippen molar-refractivity contribution in [2.45, 2.75) is 33.3 Å². The Bertz CT molecular complexity index is 397. The van der Waals surface area contributed by atoms with Crippen molar-refractivity contribution in [3.8, 4) is 5.75 Å². The molecule has 0 saturated carbocycles. The molecule has 4 heteroatoms. The molecule has 1 atom stereocenters. The lowest BCUT2D eigenvalue weighted by Crippen LogP contribution is -2.36. The number of carbonyl (C=O) groups is 1. The van der Waals surface area contributed by atoms with Crippen LogP contribution < -0.4 is 15.4 Å². The Morgan fingerprint density at radius 1 is 1.32 bits per heavy atom. The molecule has 0 saturated heterocycles. The number of anilines is 1. The van der Waals surface area contributed by atoms with E-state index in [-0.39, 0.29) is 17.9 Å². The third kappa shape index (κ3) is 4.24. The molecule has 1 aromatic carbocycles. The van der Waals surface area contributed by atoms with Crippen molar-refractivity contribution < 1.29 is 9.53 Å². The highest BCUT2D eigenvalue weighted by Gasteiger charge is 2.19. The molecule has 0 spiro atoms. The van der Waals surface area contributed by atoms with E-state index >= 15 is 0 Å². The maximum absolute atomic E-state index is 12.2. The number of ether oxygens (including phenoxy) is 1. The molecule has 0 aliphatic rings. The molecule has 0 heterocycles. The number of rotatable bonds is 6. The van der Waals surface area contributed by atoms with Gasteiger partial charge in [0.15, 0.2) is 0 Å². The van der Waals surface area contributed by atoms with Gasteiger partial charge in [-0.1, -0.05) is 6.92 Å².